The Bertz CT molecular complexity index is 667. The van der Waals surface area contributed by atoms with Gasteiger partial charge in [0.2, 0.25) is 11.8 Å². The summed E-state index contributed by atoms with van der Waals surface area (Å²) in [4.78, 5) is 24.2. The molecule has 2 unspecified atom stereocenters. The number of halogens is 1. The van der Waals surface area contributed by atoms with Crippen molar-refractivity contribution in [3.05, 3.63) is 29.6 Å². The lowest BCUT2D eigenvalue weighted by Gasteiger charge is -2.30. The molecule has 0 bridgehead atoms. The summed E-state index contributed by atoms with van der Waals surface area (Å²) >= 11 is 0. The Morgan fingerprint density at radius 1 is 1.41 bits per heavy atom. The first kappa shape index (κ1) is 21.2. The van der Waals surface area contributed by atoms with E-state index in [1.165, 1.54) is 13.2 Å². The third-order valence-corrected chi connectivity index (χ3v) is 5.05. The molecule has 0 aliphatic carbocycles. The first-order chi connectivity index (χ1) is 12.9. The third-order valence-electron chi connectivity index (χ3n) is 5.05. The second-order valence-corrected chi connectivity index (χ2v) is 7.10. The van der Waals surface area contributed by atoms with Crippen molar-refractivity contribution in [2.24, 2.45) is 0 Å². The number of carbonyl (C=O) groups excluding carboxylic acids is 2. The first-order valence-electron chi connectivity index (χ1n) is 9.33. The number of hydrogen-bond donors (Lipinski definition) is 2. The number of amides is 2. The average molecular weight is 380 g/mol. The number of nitrogens with one attached hydrogen (secondary N) is 2. The fourth-order valence-electron chi connectivity index (χ4n) is 3.50. The maximum absolute atomic E-state index is 13.7. The molecule has 0 spiro atoms. The van der Waals surface area contributed by atoms with E-state index in [4.69, 9.17) is 9.47 Å². The van der Waals surface area contributed by atoms with Gasteiger partial charge in [0.1, 0.15) is 0 Å². The van der Waals surface area contributed by atoms with Crippen molar-refractivity contribution in [2.75, 3.05) is 20.8 Å². The van der Waals surface area contributed by atoms with Gasteiger partial charge in [0.15, 0.2) is 11.6 Å². The van der Waals surface area contributed by atoms with Crippen molar-refractivity contribution in [1.82, 2.24) is 10.6 Å². The van der Waals surface area contributed by atoms with Crippen LogP contribution in [0.25, 0.3) is 0 Å². The molecular formula is C20H29FN2O4. The Balaban J connectivity index is 2.04. The number of benzene rings is 1. The topological polar surface area (TPSA) is 76.7 Å². The smallest absolute Gasteiger partial charge is 0.220 e. The highest BCUT2D eigenvalue weighted by molar-refractivity contribution is 5.80. The number of methoxy groups -OCH3 is 2. The zero-order valence-corrected chi connectivity index (χ0v) is 16.3. The molecule has 1 aromatic rings. The molecule has 0 saturated carbocycles. The minimum Gasteiger partial charge on any atom is -0.494 e. The van der Waals surface area contributed by atoms with Gasteiger partial charge in [-0.05, 0) is 43.4 Å². The summed E-state index contributed by atoms with van der Waals surface area (Å²) in [5, 5.41) is 6.00. The molecule has 2 N–H and O–H groups in total. The summed E-state index contributed by atoms with van der Waals surface area (Å²) in [6, 6.07) is 4.68. The molecule has 7 heteroatoms. The molecule has 150 valence electrons. The number of rotatable bonds is 10. The zero-order valence-electron chi connectivity index (χ0n) is 16.3. The van der Waals surface area contributed by atoms with Gasteiger partial charge in [-0.25, -0.2) is 4.39 Å². The molecule has 2 rings (SSSR count). The van der Waals surface area contributed by atoms with E-state index in [1.54, 1.807) is 19.2 Å². The quantitative estimate of drug-likeness (QED) is 0.653. The summed E-state index contributed by atoms with van der Waals surface area (Å²) in [5.74, 6) is -0.324. The Morgan fingerprint density at radius 3 is 2.78 bits per heavy atom. The number of ether oxygens (including phenoxy) is 2. The predicted octanol–water partition coefficient (Wildman–Crippen LogP) is 2.35. The fraction of sp³-hybridized carbons (Fsp3) is 0.600. The van der Waals surface area contributed by atoms with Crippen molar-refractivity contribution in [1.29, 1.82) is 0 Å². The van der Waals surface area contributed by atoms with Gasteiger partial charge in [0, 0.05) is 25.5 Å². The van der Waals surface area contributed by atoms with E-state index in [9.17, 15) is 14.0 Å². The van der Waals surface area contributed by atoms with Gasteiger partial charge in [-0.3, -0.25) is 9.59 Å². The van der Waals surface area contributed by atoms with Crippen LogP contribution in [0.15, 0.2) is 18.2 Å². The molecule has 6 nitrogen and oxygen atoms in total. The minimum absolute atomic E-state index is 0.0158. The summed E-state index contributed by atoms with van der Waals surface area (Å²) in [5.41, 5.74) is 0.363. The standard InChI is InChI=1S/C20H29FN2O4/c1-4-15(13-26-2)22-18(24)7-9-20(10-8-19(25)23-20)12-14-5-6-16(21)17(11-14)27-3/h5-6,11,15H,4,7-10,12-13H2,1-3H3,(H,22,24)(H,23,25). The maximum Gasteiger partial charge on any atom is 0.220 e. The second kappa shape index (κ2) is 9.69. The molecule has 2 amide bonds. The van der Waals surface area contributed by atoms with Crippen LogP contribution < -0.4 is 15.4 Å². The normalized spacial score (nSPS) is 20.2. The molecule has 1 aromatic carbocycles. The summed E-state index contributed by atoms with van der Waals surface area (Å²) < 4.78 is 23.8. The van der Waals surface area contributed by atoms with E-state index in [2.05, 4.69) is 10.6 Å². The van der Waals surface area contributed by atoms with E-state index < -0.39 is 11.4 Å². The van der Waals surface area contributed by atoms with E-state index in [-0.39, 0.29) is 23.6 Å². The average Bonchev–Trinajstić information content (AvgIpc) is 3.02. The molecule has 27 heavy (non-hydrogen) atoms. The van der Waals surface area contributed by atoms with Crippen LogP contribution in [-0.2, 0) is 20.7 Å². The van der Waals surface area contributed by atoms with Crippen LogP contribution in [0.3, 0.4) is 0 Å². The summed E-state index contributed by atoms with van der Waals surface area (Å²) in [6.07, 6.45) is 3.22. The molecule has 1 aliphatic rings. The molecular weight excluding hydrogens is 351 g/mol. The Morgan fingerprint density at radius 2 is 2.19 bits per heavy atom. The van der Waals surface area contributed by atoms with Gasteiger partial charge in [0.25, 0.3) is 0 Å². The van der Waals surface area contributed by atoms with Crippen LogP contribution in [0.4, 0.5) is 4.39 Å². The Kier molecular flexibility index (Phi) is 7.59. The van der Waals surface area contributed by atoms with Gasteiger partial charge >= 0.3 is 0 Å². The van der Waals surface area contributed by atoms with Gasteiger partial charge in [-0.1, -0.05) is 13.0 Å². The SMILES string of the molecule is CCC(COC)NC(=O)CCC1(Cc2ccc(F)c(OC)c2)CCC(=O)N1. The largest absolute Gasteiger partial charge is 0.494 e. The number of carbonyl (C=O) groups is 2. The molecule has 2 atom stereocenters. The van der Waals surface area contributed by atoms with Gasteiger partial charge in [0.05, 0.1) is 19.8 Å². The molecule has 0 radical (unpaired) electrons. The Labute approximate surface area is 159 Å². The summed E-state index contributed by atoms with van der Waals surface area (Å²) in [6.45, 7) is 2.46. The van der Waals surface area contributed by atoms with Crippen molar-refractivity contribution >= 4 is 11.8 Å². The lowest BCUT2D eigenvalue weighted by Crippen LogP contribution is -2.45. The third kappa shape index (κ3) is 5.92. The van der Waals surface area contributed by atoms with E-state index >= 15 is 0 Å². The van der Waals surface area contributed by atoms with Gasteiger partial charge < -0.3 is 20.1 Å². The molecule has 1 fully saturated rings. The van der Waals surface area contributed by atoms with E-state index in [0.717, 1.165) is 12.0 Å². The second-order valence-electron chi connectivity index (χ2n) is 7.10. The van der Waals surface area contributed by atoms with Crippen LogP contribution in [-0.4, -0.2) is 44.2 Å². The van der Waals surface area contributed by atoms with Crippen LogP contribution in [0, 0.1) is 5.82 Å². The van der Waals surface area contributed by atoms with Crippen molar-refractivity contribution < 1.29 is 23.5 Å². The highest BCUT2D eigenvalue weighted by Gasteiger charge is 2.38. The minimum atomic E-state index is -0.500. The van der Waals surface area contributed by atoms with Crippen LogP contribution in [0.1, 0.15) is 44.6 Å². The zero-order chi connectivity index (χ0) is 19.9. The van der Waals surface area contributed by atoms with E-state index in [0.29, 0.717) is 38.7 Å². The van der Waals surface area contributed by atoms with Gasteiger partial charge in [-0.2, -0.15) is 0 Å². The van der Waals surface area contributed by atoms with Crippen molar-refractivity contribution in [2.45, 2.75) is 57.0 Å². The molecule has 1 saturated heterocycles. The van der Waals surface area contributed by atoms with Crippen molar-refractivity contribution in [3.63, 3.8) is 0 Å². The van der Waals surface area contributed by atoms with E-state index in [1.807, 2.05) is 6.92 Å². The lowest BCUT2D eigenvalue weighted by molar-refractivity contribution is -0.123. The first-order valence-corrected chi connectivity index (χ1v) is 9.33. The molecule has 0 aromatic heterocycles. The maximum atomic E-state index is 13.7. The van der Waals surface area contributed by atoms with Crippen molar-refractivity contribution in [3.8, 4) is 5.75 Å². The fourth-order valence-corrected chi connectivity index (χ4v) is 3.50. The summed E-state index contributed by atoms with van der Waals surface area (Å²) in [7, 11) is 3.03. The highest BCUT2D eigenvalue weighted by atomic mass is 19.1. The highest BCUT2D eigenvalue weighted by Crippen LogP contribution is 2.31. The Hall–Kier alpha value is -2.15. The van der Waals surface area contributed by atoms with Gasteiger partial charge in [-0.15, -0.1) is 0 Å². The van der Waals surface area contributed by atoms with Crippen LogP contribution in [0.5, 0.6) is 5.75 Å². The monoisotopic (exact) mass is 380 g/mol. The number of hydrogen-bond acceptors (Lipinski definition) is 4. The predicted molar refractivity (Wildman–Crippen MR) is 100 cm³/mol. The molecule has 1 aliphatic heterocycles. The lowest BCUT2D eigenvalue weighted by atomic mass is 9.85. The van der Waals surface area contributed by atoms with Crippen LogP contribution in [0.2, 0.25) is 0 Å². The van der Waals surface area contributed by atoms with Crippen LogP contribution >= 0.6 is 0 Å². The molecule has 1 heterocycles.